The molecule has 0 bridgehead atoms. The zero-order valence-electron chi connectivity index (χ0n) is 12.1. The molecule has 0 saturated carbocycles. The van der Waals surface area contributed by atoms with Gasteiger partial charge in [-0.3, -0.25) is 4.79 Å². The molecule has 1 aromatic rings. The van der Waals surface area contributed by atoms with Crippen LogP contribution in [0.15, 0.2) is 12.1 Å². The molecule has 0 aromatic heterocycles. The van der Waals surface area contributed by atoms with Gasteiger partial charge in [-0.25, -0.2) is 4.79 Å². The Morgan fingerprint density at radius 2 is 1.81 bits per heavy atom. The van der Waals surface area contributed by atoms with Gasteiger partial charge < -0.3 is 24.3 Å². The predicted octanol–water partition coefficient (Wildman–Crippen LogP) is 0.758. The standard InChI is InChI=1S/C14H17NO6/c1-18-10-6-8(7-11(19-2)12(10)20-3)13(16)15-9-4-5-21-14(9)17/h6-7,9H,4-5H2,1-3H3,(H,15,16). The SMILES string of the molecule is COc1cc(C(=O)NC2CCOC2=O)cc(OC)c1OC. The van der Waals surface area contributed by atoms with Gasteiger partial charge in [-0.15, -0.1) is 0 Å². The molecule has 0 spiro atoms. The van der Waals surface area contributed by atoms with Crippen molar-refractivity contribution in [1.82, 2.24) is 5.32 Å². The van der Waals surface area contributed by atoms with E-state index >= 15 is 0 Å². The van der Waals surface area contributed by atoms with E-state index in [1.165, 1.54) is 33.5 Å². The van der Waals surface area contributed by atoms with Gasteiger partial charge in [0.05, 0.1) is 27.9 Å². The number of hydrogen-bond donors (Lipinski definition) is 1. The smallest absolute Gasteiger partial charge is 0.328 e. The zero-order chi connectivity index (χ0) is 15.4. The molecule has 1 unspecified atom stereocenters. The Hall–Kier alpha value is -2.44. The van der Waals surface area contributed by atoms with Gasteiger partial charge in [-0.2, -0.15) is 0 Å². The van der Waals surface area contributed by atoms with Crippen molar-refractivity contribution in [2.24, 2.45) is 0 Å². The number of rotatable bonds is 5. The molecule has 1 fully saturated rings. The molecular weight excluding hydrogens is 278 g/mol. The number of carbonyl (C=O) groups is 2. The van der Waals surface area contributed by atoms with Crippen LogP contribution in [-0.4, -0.2) is 45.9 Å². The first kappa shape index (κ1) is 15.0. The van der Waals surface area contributed by atoms with Crippen LogP contribution in [0.1, 0.15) is 16.8 Å². The molecule has 1 saturated heterocycles. The first-order chi connectivity index (χ1) is 10.1. The van der Waals surface area contributed by atoms with E-state index in [1.54, 1.807) is 0 Å². The zero-order valence-corrected chi connectivity index (χ0v) is 12.1. The Balaban J connectivity index is 2.26. The fourth-order valence-corrected chi connectivity index (χ4v) is 2.08. The summed E-state index contributed by atoms with van der Waals surface area (Å²) in [6.07, 6.45) is 0.467. The topological polar surface area (TPSA) is 83.1 Å². The molecule has 1 aliphatic heterocycles. The fraction of sp³-hybridized carbons (Fsp3) is 0.429. The summed E-state index contributed by atoms with van der Waals surface area (Å²) in [6, 6.07) is 2.44. The number of amides is 1. The summed E-state index contributed by atoms with van der Waals surface area (Å²) in [5.74, 6) is 0.317. The van der Waals surface area contributed by atoms with Crippen LogP contribution >= 0.6 is 0 Å². The number of benzene rings is 1. The van der Waals surface area contributed by atoms with Crippen LogP contribution in [-0.2, 0) is 9.53 Å². The molecule has 1 aliphatic rings. The molecule has 0 radical (unpaired) electrons. The van der Waals surface area contributed by atoms with Gasteiger partial charge in [0, 0.05) is 12.0 Å². The van der Waals surface area contributed by atoms with Crippen molar-refractivity contribution < 1.29 is 28.5 Å². The van der Waals surface area contributed by atoms with Gasteiger partial charge in [0.1, 0.15) is 6.04 Å². The number of methoxy groups -OCH3 is 3. The minimum atomic E-state index is -0.614. The molecular formula is C14H17NO6. The second kappa shape index (κ2) is 6.34. The Labute approximate surface area is 122 Å². The molecule has 1 amide bonds. The predicted molar refractivity (Wildman–Crippen MR) is 72.9 cm³/mol. The van der Waals surface area contributed by atoms with E-state index in [2.05, 4.69) is 5.32 Å². The minimum absolute atomic E-state index is 0.309. The number of carbonyl (C=O) groups excluding carboxylic acids is 2. The molecule has 2 rings (SSSR count). The molecule has 7 nitrogen and oxygen atoms in total. The van der Waals surface area contributed by atoms with Crippen LogP contribution in [0.25, 0.3) is 0 Å². The van der Waals surface area contributed by atoms with E-state index in [4.69, 9.17) is 18.9 Å². The quantitative estimate of drug-likeness (QED) is 0.807. The summed E-state index contributed by atoms with van der Waals surface area (Å²) < 4.78 is 20.4. The summed E-state index contributed by atoms with van der Waals surface area (Å²) in [4.78, 5) is 23.6. The summed E-state index contributed by atoms with van der Waals surface area (Å²) in [7, 11) is 4.41. The lowest BCUT2D eigenvalue weighted by molar-refractivity contribution is -0.139. The molecule has 1 N–H and O–H groups in total. The van der Waals surface area contributed by atoms with Gasteiger partial charge in [0.2, 0.25) is 5.75 Å². The summed E-state index contributed by atoms with van der Waals surface area (Å²) in [5.41, 5.74) is 0.309. The Bertz CT molecular complexity index is 531. The van der Waals surface area contributed by atoms with Crippen LogP contribution in [0.4, 0.5) is 0 Å². The van der Waals surface area contributed by atoms with E-state index in [0.717, 1.165) is 0 Å². The highest BCUT2D eigenvalue weighted by Gasteiger charge is 2.29. The van der Waals surface area contributed by atoms with Crippen molar-refractivity contribution in [2.45, 2.75) is 12.5 Å². The van der Waals surface area contributed by atoms with E-state index in [-0.39, 0.29) is 0 Å². The summed E-state index contributed by atoms with van der Waals surface area (Å²) in [5, 5.41) is 2.62. The van der Waals surface area contributed by atoms with Gasteiger partial charge >= 0.3 is 5.97 Å². The largest absolute Gasteiger partial charge is 0.493 e. The summed E-state index contributed by atoms with van der Waals surface area (Å²) in [6.45, 7) is 0.318. The van der Waals surface area contributed by atoms with Crippen LogP contribution in [0.3, 0.4) is 0 Å². The number of ether oxygens (including phenoxy) is 4. The Kier molecular flexibility index (Phi) is 4.52. The maximum atomic E-state index is 12.2. The minimum Gasteiger partial charge on any atom is -0.493 e. The monoisotopic (exact) mass is 295 g/mol. The van der Waals surface area contributed by atoms with Crippen molar-refractivity contribution in [3.63, 3.8) is 0 Å². The molecule has 1 atom stereocenters. The average Bonchev–Trinajstić information content (AvgIpc) is 2.90. The van der Waals surface area contributed by atoms with Crippen molar-refractivity contribution >= 4 is 11.9 Å². The highest BCUT2D eigenvalue weighted by atomic mass is 16.5. The molecule has 21 heavy (non-hydrogen) atoms. The second-order valence-electron chi connectivity index (χ2n) is 4.40. The number of esters is 1. The number of cyclic esters (lactones) is 1. The van der Waals surface area contributed by atoms with Crippen molar-refractivity contribution in [1.29, 1.82) is 0 Å². The lowest BCUT2D eigenvalue weighted by Crippen LogP contribution is -2.37. The van der Waals surface area contributed by atoms with Crippen LogP contribution < -0.4 is 19.5 Å². The molecule has 0 aliphatic carbocycles. The van der Waals surface area contributed by atoms with Crippen LogP contribution in [0, 0.1) is 0 Å². The third-order valence-corrected chi connectivity index (χ3v) is 3.17. The summed E-state index contributed by atoms with van der Waals surface area (Å²) >= 11 is 0. The van der Waals surface area contributed by atoms with E-state index in [1.807, 2.05) is 0 Å². The van der Waals surface area contributed by atoms with E-state index in [9.17, 15) is 9.59 Å². The first-order valence-electron chi connectivity index (χ1n) is 6.38. The van der Waals surface area contributed by atoms with Gasteiger partial charge in [-0.1, -0.05) is 0 Å². The van der Waals surface area contributed by atoms with E-state index in [0.29, 0.717) is 35.8 Å². The van der Waals surface area contributed by atoms with Crippen molar-refractivity contribution in [2.75, 3.05) is 27.9 Å². The lowest BCUT2D eigenvalue weighted by Gasteiger charge is -2.15. The molecule has 1 heterocycles. The molecule has 114 valence electrons. The van der Waals surface area contributed by atoms with Gasteiger partial charge in [0.25, 0.3) is 5.91 Å². The normalized spacial score (nSPS) is 17.1. The van der Waals surface area contributed by atoms with Crippen LogP contribution in [0.2, 0.25) is 0 Å². The Morgan fingerprint density at radius 1 is 1.19 bits per heavy atom. The maximum Gasteiger partial charge on any atom is 0.328 e. The Morgan fingerprint density at radius 3 is 2.24 bits per heavy atom. The third-order valence-electron chi connectivity index (χ3n) is 3.17. The average molecular weight is 295 g/mol. The lowest BCUT2D eigenvalue weighted by atomic mass is 10.1. The molecule has 1 aromatic carbocycles. The highest BCUT2D eigenvalue weighted by Crippen LogP contribution is 2.38. The third kappa shape index (κ3) is 3.01. The van der Waals surface area contributed by atoms with Crippen molar-refractivity contribution in [3.05, 3.63) is 17.7 Å². The molecule has 7 heteroatoms. The number of hydrogen-bond acceptors (Lipinski definition) is 6. The number of nitrogens with one attached hydrogen (secondary N) is 1. The van der Waals surface area contributed by atoms with Crippen molar-refractivity contribution in [3.8, 4) is 17.2 Å². The highest BCUT2D eigenvalue weighted by molar-refractivity contribution is 5.98. The van der Waals surface area contributed by atoms with E-state index < -0.39 is 17.9 Å². The second-order valence-corrected chi connectivity index (χ2v) is 4.40. The fourth-order valence-electron chi connectivity index (χ4n) is 2.08. The maximum absolute atomic E-state index is 12.2. The first-order valence-corrected chi connectivity index (χ1v) is 6.38. The van der Waals surface area contributed by atoms with Gasteiger partial charge in [0.15, 0.2) is 11.5 Å². The van der Waals surface area contributed by atoms with Gasteiger partial charge in [-0.05, 0) is 12.1 Å². The van der Waals surface area contributed by atoms with Crippen LogP contribution in [0.5, 0.6) is 17.2 Å².